The highest BCUT2D eigenvalue weighted by Gasteiger charge is 2.26. The minimum atomic E-state index is 0.546. The SMILES string of the molecule is Nc1cc(Cl)cc(-c2nncn2C2CC2)c1. The molecule has 0 aliphatic heterocycles. The molecule has 1 aromatic heterocycles. The van der Waals surface area contributed by atoms with Crippen molar-refractivity contribution in [3.63, 3.8) is 0 Å². The van der Waals surface area contributed by atoms with Crippen molar-refractivity contribution in [1.82, 2.24) is 14.8 Å². The number of nitrogens with zero attached hydrogens (tertiary/aromatic N) is 3. The number of nitrogen functional groups attached to an aromatic ring is 1. The van der Waals surface area contributed by atoms with Crippen molar-refractivity contribution < 1.29 is 0 Å². The third kappa shape index (κ3) is 1.65. The first kappa shape index (κ1) is 9.66. The molecule has 2 aromatic rings. The number of aromatic nitrogens is 3. The molecule has 0 bridgehead atoms. The van der Waals surface area contributed by atoms with Crippen molar-refractivity contribution in [2.75, 3.05) is 5.73 Å². The first-order valence-corrected chi connectivity index (χ1v) is 5.58. The van der Waals surface area contributed by atoms with Crippen LogP contribution in [0, 0.1) is 0 Å². The van der Waals surface area contributed by atoms with E-state index in [0.717, 1.165) is 11.4 Å². The number of benzene rings is 1. The fourth-order valence-corrected chi connectivity index (χ4v) is 2.05. The van der Waals surface area contributed by atoms with Crippen LogP contribution in [0.4, 0.5) is 5.69 Å². The molecule has 5 heteroatoms. The Labute approximate surface area is 98.0 Å². The van der Waals surface area contributed by atoms with E-state index in [1.165, 1.54) is 12.8 Å². The summed E-state index contributed by atoms with van der Waals surface area (Å²) in [5.74, 6) is 0.844. The Kier molecular flexibility index (Phi) is 2.11. The van der Waals surface area contributed by atoms with Gasteiger partial charge in [-0.2, -0.15) is 0 Å². The van der Waals surface area contributed by atoms with Crippen molar-refractivity contribution in [3.8, 4) is 11.4 Å². The van der Waals surface area contributed by atoms with E-state index in [4.69, 9.17) is 17.3 Å². The van der Waals surface area contributed by atoms with Crippen LogP contribution in [0.3, 0.4) is 0 Å². The Morgan fingerprint density at radius 1 is 1.31 bits per heavy atom. The largest absolute Gasteiger partial charge is 0.399 e. The number of halogens is 1. The Morgan fingerprint density at radius 2 is 2.12 bits per heavy atom. The minimum absolute atomic E-state index is 0.546. The molecule has 16 heavy (non-hydrogen) atoms. The highest BCUT2D eigenvalue weighted by atomic mass is 35.5. The number of anilines is 1. The average Bonchev–Trinajstić information content (AvgIpc) is 2.94. The lowest BCUT2D eigenvalue weighted by atomic mass is 10.2. The van der Waals surface area contributed by atoms with Gasteiger partial charge in [-0.25, -0.2) is 0 Å². The summed E-state index contributed by atoms with van der Waals surface area (Å²) in [6.45, 7) is 0. The number of hydrogen-bond acceptors (Lipinski definition) is 3. The fraction of sp³-hybridized carbons (Fsp3) is 0.273. The van der Waals surface area contributed by atoms with Gasteiger partial charge in [-0.05, 0) is 31.0 Å². The van der Waals surface area contributed by atoms with E-state index in [1.54, 1.807) is 12.4 Å². The van der Waals surface area contributed by atoms with Crippen molar-refractivity contribution in [2.45, 2.75) is 18.9 Å². The Morgan fingerprint density at radius 3 is 2.81 bits per heavy atom. The molecular formula is C11H11ClN4. The maximum absolute atomic E-state index is 5.98. The molecule has 1 heterocycles. The van der Waals surface area contributed by atoms with Crippen molar-refractivity contribution >= 4 is 17.3 Å². The van der Waals surface area contributed by atoms with Crippen molar-refractivity contribution in [3.05, 3.63) is 29.5 Å². The molecule has 1 aliphatic carbocycles. The minimum Gasteiger partial charge on any atom is -0.399 e. The van der Waals surface area contributed by atoms with Crippen LogP contribution in [0.1, 0.15) is 18.9 Å². The molecule has 0 spiro atoms. The average molecular weight is 235 g/mol. The normalized spacial score (nSPS) is 15.3. The van der Waals surface area contributed by atoms with Crippen LogP contribution >= 0.6 is 11.6 Å². The molecule has 1 saturated carbocycles. The van der Waals surface area contributed by atoms with E-state index >= 15 is 0 Å². The summed E-state index contributed by atoms with van der Waals surface area (Å²) in [6, 6.07) is 6.00. The molecular weight excluding hydrogens is 224 g/mol. The third-order valence-corrected chi connectivity index (χ3v) is 2.91. The molecule has 3 rings (SSSR count). The molecule has 1 fully saturated rings. The summed E-state index contributed by atoms with van der Waals surface area (Å²) >= 11 is 5.98. The monoisotopic (exact) mass is 234 g/mol. The molecule has 0 saturated heterocycles. The molecule has 0 atom stereocenters. The summed E-state index contributed by atoms with van der Waals surface area (Å²) < 4.78 is 2.09. The summed E-state index contributed by atoms with van der Waals surface area (Å²) in [5, 5.41) is 8.70. The predicted molar refractivity (Wildman–Crippen MR) is 63.2 cm³/mol. The van der Waals surface area contributed by atoms with E-state index < -0.39 is 0 Å². The highest BCUT2D eigenvalue weighted by Crippen LogP contribution is 2.38. The summed E-state index contributed by atoms with van der Waals surface area (Å²) in [5.41, 5.74) is 7.34. The number of rotatable bonds is 2. The Balaban J connectivity index is 2.10. The van der Waals surface area contributed by atoms with E-state index in [0.29, 0.717) is 16.8 Å². The lowest BCUT2D eigenvalue weighted by molar-refractivity contribution is 0.746. The summed E-state index contributed by atoms with van der Waals surface area (Å²) in [6.07, 6.45) is 4.16. The smallest absolute Gasteiger partial charge is 0.164 e. The van der Waals surface area contributed by atoms with Gasteiger partial charge in [0, 0.05) is 22.3 Å². The molecule has 4 nitrogen and oxygen atoms in total. The van der Waals surface area contributed by atoms with Crippen LogP contribution in [0.2, 0.25) is 5.02 Å². The highest BCUT2D eigenvalue weighted by molar-refractivity contribution is 6.31. The number of nitrogens with two attached hydrogens (primary N) is 1. The topological polar surface area (TPSA) is 56.7 Å². The van der Waals surface area contributed by atoms with Gasteiger partial charge in [-0.1, -0.05) is 11.6 Å². The van der Waals surface area contributed by atoms with E-state index in [9.17, 15) is 0 Å². The second-order valence-electron chi connectivity index (χ2n) is 4.07. The number of hydrogen-bond donors (Lipinski definition) is 1. The maximum Gasteiger partial charge on any atom is 0.164 e. The maximum atomic E-state index is 5.98. The fourth-order valence-electron chi connectivity index (χ4n) is 1.81. The first-order valence-electron chi connectivity index (χ1n) is 5.20. The van der Waals surface area contributed by atoms with Gasteiger partial charge >= 0.3 is 0 Å². The van der Waals surface area contributed by atoms with Crippen LogP contribution in [-0.2, 0) is 0 Å². The molecule has 1 aliphatic rings. The zero-order valence-electron chi connectivity index (χ0n) is 8.60. The molecule has 1 aromatic carbocycles. The Hall–Kier alpha value is -1.55. The van der Waals surface area contributed by atoms with Crippen molar-refractivity contribution in [1.29, 1.82) is 0 Å². The first-order chi connectivity index (χ1) is 7.74. The lowest BCUT2D eigenvalue weighted by Crippen LogP contribution is -1.96. The van der Waals surface area contributed by atoms with Crippen LogP contribution in [-0.4, -0.2) is 14.8 Å². The molecule has 0 amide bonds. The van der Waals surface area contributed by atoms with Crippen LogP contribution < -0.4 is 5.73 Å². The van der Waals surface area contributed by atoms with Gasteiger partial charge in [0.2, 0.25) is 0 Å². The quantitative estimate of drug-likeness (QED) is 0.813. The third-order valence-electron chi connectivity index (χ3n) is 2.69. The van der Waals surface area contributed by atoms with E-state index in [1.807, 2.05) is 12.1 Å². The Bertz CT molecular complexity index is 510. The standard InChI is InChI=1S/C11H11ClN4/c12-8-3-7(4-9(13)5-8)11-15-14-6-16(11)10-1-2-10/h3-6,10H,1-2,13H2. The summed E-state index contributed by atoms with van der Waals surface area (Å²) in [7, 11) is 0. The van der Waals surface area contributed by atoms with Crippen LogP contribution in [0.15, 0.2) is 24.5 Å². The van der Waals surface area contributed by atoms with Gasteiger partial charge in [-0.3, -0.25) is 0 Å². The second kappa shape index (κ2) is 3.49. The van der Waals surface area contributed by atoms with Crippen molar-refractivity contribution in [2.24, 2.45) is 0 Å². The lowest BCUT2D eigenvalue weighted by Gasteiger charge is -2.05. The van der Waals surface area contributed by atoms with Gasteiger partial charge in [0.05, 0.1) is 0 Å². The second-order valence-corrected chi connectivity index (χ2v) is 4.50. The van der Waals surface area contributed by atoms with Gasteiger partial charge < -0.3 is 10.3 Å². The van der Waals surface area contributed by atoms with E-state index in [-0.39, 0.29) is 0 Å². The molecule has 82 valence electrons. The molecule has 0 radical (unpaired) electrons. The molecule has 0 unspecified atom stereocenters. The molecule has 2 N–H and O–H groups in total. The zero-order chi connectivity index (χ0) is 11.1. The van der Waals surface area contributed by atoms with Gasteiger partial charge in [-0.15, -0.1) is 10.2 Å². The van der Waals surface area contributed by atoms with Crippen LogP contribution in [0.5, 0.6) is 0 Å². The van der Waals surface area contributed by atoms with Gasteiger partial charge in [0.25, 0.3) is 0 Å². The van der Waals surface area contributed by atoms with E-state index in [2.05, 4.69) is 14.8 Å². The zero-order valence-corrected chi connectivity index (χ0v) is 9.35. The predicted octanol–water partition coefficient (Wildman–Crippen LogP) is 2.52. The summed E-state index contributed by atoms with van der Waals surface area (Å²) in [4.78, 5) is 0. The van der Waals surface area contributed by atoms with Crippen LogP contribution in [0.25, 0.3) is 11.4 Å². The van der Waals surface area contributed by atoms with Gasteiger partial charge in [0.1, 0.15) is 6.33 Å². The van der Waals surface area contributed by atoms with Gasteiger partial charge in [0.15, 0.2) is 5.82 Å².